The van der Waals surface area contributed by atoms with Gasteiger partial charge in [0.1, 0.15) is 0 Å². The van der Waals surface area contributed by atoms with Gasteiger partial charge in [-0.2, -0.15) is 0 Å². The van der Waals surface area contributed by atoms with Crippen molar-refractivity contribution < 1.29 is 0 Å². The average molecular weight is 292 g/mol. The zero-order valence-electron chi connectivity index (χ0n) is 13.7. The van der Waals surface area contributed by atoms with Crippen LogP contribution in [0.3, 0.4) is 0 Å². The van der Waals surface area contributed by atoms with E-state index in [4.69, 9.17) is 0 Å². The van der Waals surface area contributed by atoms with Gasteiger partial charge in [0.05, 0.1) is 0 Å². The Morgan fingerprint density at radius 1 is 1.38 bits per heavy atom. The summed E-state index contributed by atoms with van der Waals surface area (Å²) in [7, 11) is 0. The molecule has 5 nitrogen and oxygen atoms in total. The van der Waals surface area contributed by atoms with Crippen LogP contribution in [-0.2, 0) is 6.54 Å². The molecular weight excluding hydrogens is 264 g/mol. The summed E-state index contributed by atoms with van der Waals surface area (Å²) >= 11 is 0. The van der Waals surface area contributed by atoms with Crippen LogP contribution in [0.15, 0.2) is 17.2 Å². The van der Waals surface area contributed by atoms with Crippen molar-refractivity contribution >= 4 is 5.82 Å². The average Bonchev–Trinajstić information content (AvgIpc) is 2.48. The van der Waals surface area contributed by atoms with Gasteiger partial charge < -0.3 is 14.8 Å². The molecule has 1 fully saturated rings. The summed E-state index contributed by atoms with van der Waals surface area (Å²) in [6.07, 6.45) is 5.64. The number of nitrogens with zero attached hydrogens (tertiary/aromatic N) is 3. The lowest BCUT2D eigenvalue weighted by Gasteiger charge is -2.40. The Morgan fingerprint density at radius 2 is 2.14 bits per heavy atom. The summed E-state index contributed by atoms with van der Waals surface area (Å²) in [6, 6.07) is 0.788. The Labute approximate surface area is 127 Å². The molecule has 2 atom stereocenters. The van der Waals surface area contributed by atoms with E-state index in [1.54, 1.807) is 17.0 Å². The van der Waals surface area contributed by atoms with Gasteiger partial charge in [0.25, 0.3) is 5.56 Å². The third kappa shape index (κ3) is 3.64. The highest BCUT2D eigenvalue weighted by atomic mass is 16.1. The molecule has 1 aliphatic rings. The monoisotopic (exact) mass is 292 g/mol. The molecule has 0 radical (unpaired) electrons. The molecule has 0 bridgehead atoms. The maximum absolute atomic E-state index is 12.7. The largest absolute Gasteiger partial charge is 0.346 e. The lowest BCUT2D eigenvalue weighted by molar-refractivity contribution is 0.374. The Kier molecular flexibility index (Phi) is 5.39. The van der Waals surface area contributed by atoms with Gasteiger partial charge >= 0.3 is 0 Å². The van der Waals surface area contributed by atoms with E-state index < -0.39 is 0 Å². The van der Waals surface area contributed by atoms with Gasteiger partial charge in [0.2, 0.25) is 0 Å². The van der Waals surface area contributed by atoms with Crippen LogP contribution in [0.5, 0.6) is 0 Å². The minimum Gasteiger partial charge on any atom is -0.346 e. The normalized spacial score (nSPS) is 22.8. The zero-order valence-corrected chi connectivity index (χ0v) is 13.7. The van der Waals surface area contributed by atoms with E-state index in [9.17, 15) is 4.79 Å². The third-order valence-electron chi connectivity index (χ3n) is 4.19. The molecule has 5 heteroatoms. The van der Waals surface area contributed by atoms with E-state index in [1.807, 2.05) is 0 Å². The van der Waals surface area contributed by atoms with Crippen molar-refractivity contribution in [2.45, 2.75) is 59.2 Å². The van der Waals surface area contributed by atoms with E-state index in [-0.39, 0.29) is 5.56 Å². The number of hydrogen-bond donors (Lipinski definition) is 1. The molecule has 1 saturated heterocycles. The number of nitrogens with one attached hydrogen (secondary N) is 1. The molecule has 0 saturated carbocycles. The fraction of sp³-hybridized carbons (Fsp3) is 0.750. The van der Waals surface area contributed by atoms with E-state index in [0.29, 0.717) is 23.8 Å². The molecule has 0 aliphatic carbocycles. The van der Waals surface area contributed by atoms with Crippen LogP contribution in [0.2, 0.25) is 0 Å². The van der Waals surface area contributed by atoms with Crippen molar-refractivity contribution in [1.29, 1.82) is 0 Å². The number of anilines is 1. The van der Waals surface area contributed by atoms with Crippen LogP contribution < -0.4 is 15.8 Å². The second kappa shape index (κ2) is 7.07. The van der Waals surface area contributed by atoms with Crippen LogP contribution in [0.25, 0.3) is 0 Å². The molecule has 0 amide bonds. The first-order valence-corrected chi connectivity index (χ1v) is 8.12. The van der Waals surface area contributed by atoms with E-state index in [0.717, 1.165) is 32.5 Å². The Morgan fingerprint density at radius 3 is 2.76 bits per heavy atom. The van der Waals surface area contributed by atoms with Gasteiger partial charge in [-0.25, -0.2) is 4.98 Å². The highest BCUT2D eigenvalue weighted by Crippen LogP contribution is 2.17. The summed E-state index contributed by atoms with van der Waals surface area (Å²) in [5, 5.41) is 3.56. The SMILES string of the molecule is CCC1CN(c2nccn(CC(C)C)c2=O)C(CC)CN1. The minimum atomic E-state index is 0.0430. The van der Waals surface area contributed by atoms with Gasteiger partial charge in [-0.3, -0.25) is 4.79 Å². The van der Waals surface area contributed by atoms with Crippen molar-refractivity contribution in [2.24, 2.45) is 5.92 Å². The molecule has 1 N–H and O–H groups in total. The van der Waals surface area contributed by atoms with Crippen molar-refractivity contribution in [1.82, 2.24) is 14.9 Å². The van der Waals surface area contributed by atoms with Gasteiger partial charge in [-0.15, -0.1) is 0 Å². The zero-order chi connectivity index (χ0) is 15.4. The van der Waals surface area contributed by atoms with Crippen LogP contribution in [-0.4, -0.2) is 34.7 Å². The predicted octanol–water partition coefficient (Wildman–Crippen LogP) is 1.87. The molecule has 0 aromatic carbocycles. The van der Waals surface area contributed by atoms with E-state index in [1.165, 1.54) is 0 Å². The number of hydrogen-bond acceptors (Lipinski definition) is 4. The fourth-order valence-corrected chi connectivity index (χ4v) is 2.93. The van der Waals surface area contributed by atoms with Gasteiger partial charge in [-0.1, -0.05) is 27.7 Å². The molecule has 1 aromatic heterocycles. The standard InChI is InChI=1S/C16H28N4O/c1-5-13-11-20(14(6-2)9-18-13)15-16(21)19(8-7-17-15)10-12(3)4/h7-8,12-14,18H,5-6,9-11H2,1-4H3. The Hall–Kier alpha value is -1.36. The first kappa shape index (κ1) is 16.0. The molecule has 1 aromatic rings. The van der Waals surface area contributed by atoms with Gasteiger partial charge in [-0.05, 0) is 18.8 Å². The second-order valence-electron chi connectivity index (χ2n) is 6.33. The van der Waals surface area contributed by atoms with Gasteiger partial charge in [0.15, 0.2) is 5.82 Å². The van der Waals surface area contributed by atoms with Crippen molar-refractivity contribution in [3.05, 3.63) is 22.7 Å². The highest BCUT2D eigenvalue weighted by Gasteiger charge is 2.28. The minimum absolute atomic E-state index is 0.0430. The van der Waals surface area contributed by atoms with E-state index in [2.05, 4.69) is 42.9 Å². The van der Waals surface area contributed by atoms with Crippen LogP contribution in [0, 0.1) is 5.92 Å². The summed E-state index contributed by atoms with van der Waals surface area (Å²) in [5.74, 6) is 1.07. The first-order valence-electron chi connectivity index (χ1n) is 8.12. The third-order valence-corrected chi connectivity index (χ3v) is 4.19. The van der Waals surface area contributed by atoms with Crippen LogP contribution >= 0.6 is 0 Å². The Balaban J connectivity index is 2.32. The number of aromatic nitrogens is 2. The maximum atomic E-state index is 12.7. The summed E-state index contributed by atoms with van der Waals surface area (Å²) < 4.78 is 1.79. The molecule has 118 valence electrons. The topological polar surface area (TPSA) is 50.2 Å². The number of piperazine rings is 1. The molecule has 21 heavy (non-hydrogen) atoms. The predicted molar refractivity (Wildman–Crippen MR) is 86.8 cm³/mol. The molecule has 2 heterocycles. The number of rotatable bonds is 5. The molecule has 2 unspecified atom stereocenters. The molecule has 1 aliphatic heterocycles. The summed E-state index contributed by atoms with van der Waals surface area (Å²) in [4.78, 5) is 19.3. The second-order valence-corrected chi connectivity index (χ2v) is 6.33. The fourth-order valence-electron chi connectivity index (χ4n) is 2.93. The highest BCUT2D eigenvalue weighted by molar-refractivity contribution is 5.38. The molecule has 2 rings (SSSR count). The quantitative estimate of drug-likeness (QED) is 0.900. The lowest BCUT2D eigenvalue weighted by atomic mass is 10.1. The van der Waals surface area contributed by atoms with Crippen molar-refractivity contribution in [3.8, 4) is 0 Å². The summed E-state index contributed by atoms with van der Waals surface area (Å²) in [5.41, 5.74) is 0.0430. The smallest absolute Gasteiger partial charge is 0.293 e. The maximum Gasteiger partial charge on any atom is 0.293 e. The van der Waals surface area contributed by atoms with Gasteiger partial charge in [0, 0.05) is 44.1 Å². The first-order chi connectivity index (χ1) is 10.1. The van der Waals surface area contributed by atoms with Crippen LogP contribution in [0.1, 0.15) is 40.5 Å². The Bertz CT molecular complexity index is 511. The van der Waals surface area contributed by atoms with E-state index >= 15 is 0 Å². The summed E-state index contributed by atoms with van der Waals surface area (Å²) in [6.45, 7) is 11.1. The molecule has 0 spiro atoms. The van der Waals surface area contributed by atoms with Crippen molar-refractivity contribution in [2.75, 3.05) is 18.0 Å². The van der Waals surface area contributed by atoms with Crippen molar-refractivity contribution in [3.63, 3.8) is 0 Å². The molecular formula is C16H28N4O. The van der Waals surface area contributed by atoms with Crippen LogP contribution in [0.4, 0.5) is 5.82 Å². The lowest BCUT2D eigenvalue weighted by Crippen LogP contribution is -2.57.